The van der Waals surface area contributed by atoms with E-state index in [-0.39, 0.29) is 12.3 Å². The molecule has 0 amide bonds. The lowest BCUT2D eigenvalue weighted by Crippen LogP contribution is -2.25. The zero-order chi connectivity index (χ0) is 14.3. The Morgan fingerprint density at radius 1 is 1.50 bits per heavy atom. The summed E-state index contributed by atoms with van der Waals surface area (Å²) in [6.45, 7) is 1.94. The first-order valence-electron chi connectivity index (χ1n) is 6.04. The molecule has 0 radical (unpaired) electrons. The predicted octanol–water partition coefficient (Wildman–Crippen LogP) is 1.68. The highest BCUT2D eigenvalue weighted by molar-refractivity contribution is 9.09. The van der Waals surface area contributed by atoms with Gasteiger partial charge < -0.3 is 4.74 Å². The molecule has 0 aliphatic carbocycles. The third-order valence-electron chi connectivity index (χ3n) is 2.96. The van der Waals surface area contributed by atoms with Crippen molar-refractivity contribution in [3.05, 3.63) is 40.4 Å². The summed E-state index contributed by atoms with van der Waals surface area (Å²) in [6, 6.07) is 5.46. The van der Waals surface area contributed by atoms with Crippen molar-refractivity contribution in [2.75, 3.05) is 6.61 Å². The van der Waals surface area contributed by atoms with Crippen molar-refractivity contribution >= 4 is 38.3 Å². The van der Waals surface area contributed by atoms with Gasteiger partial charge in [-0.25, -0.2) is 4.98 Å². The van der Waals surface area contributed by atoms with E-state index in [4.69, 9.17) is 4.74 Å². The first kappa shape index (κ1) is 13.0. The van der Waals surface area contributed by atoms with Crippen molar-refractivity contribution in [1.82, 2.24) is 14.6 Å². The number of para-hydroxylation sites is 1. The van der Waals surface area contributed by atoms with Crippen molar-refractivity contribution in [3.8, 4) is 0 Å². The molecule has 3 rings (SSSR count). The maximum atomic E-state index is 12.3. The molecular weight excluding hydrogens is 326 g/mol. The lowest BCUT2D eigenvalue weighted by molar-refractivity contribution is -0.142. The fourth-order valence-electron chi connectivity index (χ4n) is 2.08. The minimum atomic E-state index is -0.900. The molecule has 0 bridgehead atoms. The summed E-state index contributed by atoms with van der Waals surface area (Å²) in [5.74, 6) is -0.539. The van der Waals surface area contributed by atoms with Crippen LogP contribution in [0.3, 0.4) is 0 Å². The number of ether oxygens (including phenoxy) is 1. The number of hydrogen-bond donors (Lipinski definition) is 0. The second-order valence-electron chi connectivity index (χ2n) is 4.19. The van der Waals surface area contributed by atoms with Crippen LogP contribution < -0.4 is 5.56 Å². The van der Waals surface area contributed by atoms with E-state index in [0.29, 0.717) is 11.0 Å². The number of halogens is 1. The van der Waals surface area contributed by atoms with E-state index < -0.39 is 16.4 Å². The van der Waals surface area contributed by atoms with E-state index in [1.165, 1.54) is 4.52 Å². The van der Waals surface area contributed by atoms with Crippen molar-refractivity contribution < 1.29 is 9.53 Å². The van der Waals surface area contributed by atoms with Crippen LogP contribution in [0.5, 0.6) is 0 Å². The van der Waals surface area contributed by atoms with E-state index in [0.717, 1.165) is 5.39 Å². The van der Waals surface area contributed by atoms with Crippen LogP contribution in [0.1, 0.15) is 17.4 Å². The van der Waals surface area contributed by atoms with Gasteiger partial charge in [-0.2, -0.15) is 9.61 Å². The molecule has 0 N–H and O–H groups in total. The van der Waals surface area contributed by atoms with Gasteiger partial charge in [-0.3, -0.25) is 9.59 Å². The van der Waals surface area contributed by atoms with E-state index >= 15 is 0 Å². The van der Waals surface area contributed by atoms with E-state index in [2.05, 4.69) is 26.0 Å². The molecule has 0 aliphatic heterocycles. The number of hydrogen-bond acceptors (Lipinski definition) is 5. The van der Waals surface area contributed by atoms with E-state index in [9.17, 15) is 9.59 Å². The zero-order valence-corrected chi connectivity index (χ0v) is 12.1. The number of carbonyl (C=O) groups is 1. The van der Waals surface area contributed by atoms with Gasteiger partial charge in [-0.05, 0) is 13.0 Å². The molecule has 102 valence electrons. The average Bonchev–Trinajstić information content (AvgIpc) is 2.88. The number of esters is 1. The standard InChI is InChI=1S/C13H10BrN3O3/c1-2-20-13(19)9(14)10-12(18)17-11-7(6-15-17)4-3-5-8(11)16-10/h3-6,9H,2H2,1H3. The number of benzene rings is 1. The molecular formula is C13H10BrN3O3. The lowest BCUT2D eigenvalue weighted by atomic mass is 10.2. The van der Waals surface area contributed by atoms with Crippen molar-refractivity contribution in [1.29, 1.82) is 0 Å². The Morgan fingerprint density at radius 3 is 3.05 bits per heavy atom. The van der Waals surface area contributed by atoms with Gasteiger partial charge in [-0.15, -0.1) is 0 Å². The molecule has 3 aromatic rings. The van der Waals surface area contributed by atoms with Gasteiger partial charge in [0.25, 0.3) is 5.56 Å². The highest BCUT2D eigenvalue weighted by Gasteiger charge is 2.25. The van der Waals surface area contributed by atoms with E-state index in [1.54, 1.807) is 19.2 Å². The predicted molar refractivity (Wildman–Crippen MR) is 76.3 cm³/mol. The van der Waals surface area contributed by atoms with Crippen LogP contribution in [0.4, 0.5) is 0 Å². The fraction of sp³-hybridized carbons (Fsp3) is 0.231. The lowest BCUT2D eigenvalue weighted by Gasteiger charge is -2.09. The zero-order valence-electron chi connectivity index (χ0n) is 10.5. The minimum Gasteiger partial charge on any atom is -0.465 e. The molecule has 0 spiro atoms. The van der Waals surface area contributed by atoms with Crippen molar-refractivity contribution in [2.24, 2.45) is 0 Å². The van der Waals surface area contributed by atoms with Gasteiger partial charge in [0.15, 0.2) is 4.83 Å². The number of rotatable bonds is 3. The second kappa shape index (κ2) is 4.82. The van der Waals surface area contributed by atoms with Crippen LogP contribution in [-0.4, -0.2) is 27.2 Å². The average molecular weight is 336 g/mol. The second-order valence-corrected chi connectivity index (χ2v) is 5.10. The Labute approximate surface area is 121 Å². The molecule has 2 aromatic heterocycles. The van der Waals surface area contributed by atoms with Crippen LogP contribution in [0.15, 0.2) is 29.2 Å². The molecule has 1 unspecified atom stereocenters. The summed E-state index contributed by atoms with van der Waals surface area (Å²) in [6.07, 6.45) is 1.60. The number of nitrogens with zero attached hydrogens (tertiary/aromatic N) is 3. The smallest absolute Gasteiger partial charge is 0.326 e. The largest absolute Gasteiger partial charge is 0.465 e. The van der Waals surface area contributed by atoms with Gasteiger partial charge >= 0.3 is 5.97 Å². The van der Waals surface area contributed by atoms with Gasteiger partial charge in [0.2, 0.25) is 0 Å². The van der Waals surface area contributed by atoms with Crippen LogP contribution in [0.2, 0.25) is 0 Å². The summed E-state index contributed by atoms with van der Waals surface area (Å²) >= 11 is 3.17. The first-order chi connectivity index (χ1) is 9.63. The Kier molecular flexibility index (Phi) is 3.13. The molecule has 1 aromatic carbocycles. The van der Waals surface area contributed by atoms with Crippen LogP contribution in [-0.2, 0) is 9.53 Å². The molecule has 7 heteroatoms. The minimum absolute atomic E-state index is 0.0761. The first-order valence-corrected chi connectivity index (χ1v) is 6.95. The molecule has 20 heavy (non-hydrogen) atoms. The summed E-state index contributed by atoms with van der Waals surface area (Å²) in [5.41, 5.74) is 0.925. The summed E-state index contributed by atoms with van der Waals surface area (Å²) < 4.78 is 6.16. The van der Waals surface area contributed by atoms with Gasteiger partial charge in [0.05, 0.1) is 18.3 Å². The van der Waals surface area contributed by atoms with Gasteiger partial charge in [0.1, 0.15) is 11.2 Å². The quantitative estimate of drug-likeness (QED) is 0.537. The summed E-state index contributed by atoms with van der Waals surface area (Å²) in [7, 11) is 0. The molecule has 0 aliphatic rings. The number of carbonyl (C=O) groups excluding carboxylic acids is 1. The third kappa shape index (κ3) is 1.85. The Hall–Kier alpha value is -2.02. The Bertz CT molecular complexity index is 845. The molecule has 2 heterocycles. The normalized spacial score (nSPS) is 12.9. The van der Waals surface area contributed by atoms with Crippen molar-refractivity contribution in [2.45, 2.75) is 11.8 Å². The van der Waals surface area contributed by atoms with Gasteiger partial charge in [-0.1, -0.05) is 28.1 Å². The summed E-state index contributed by atoms with van der Waals surface area (Å²) in [5, 5.41) is 4.89. The Balaban J connectivity index is 2.24. The third-order valence-corrected chi connectivity index (χ3v) is 3.76. The molecule has 0 fully saturated rings. The monoisotopic (exact) mass is 335 g/mol. The van der Waals surface area contributed by atoms with Crippen LogP contribution in [0, 0.1) is 0 Å². The molecule has 0 saturated carbocycles. The molecule has 6 nitrogen and oxygen atoms in total. The van der Waals surface area contributed by atoms with Crippen LogP contribution in [0.25, 0.3) is 16.4 Å². The molecule has 1 atom stereocenters. The maximum Gasteiger partial charge on any atom is 0.326 e. The van der Waals surface area contributed by atoms with Crippen LogP contribution >= 0.6 is 15.9 Å². The Morgan fingerprint density at radius 2 is 2.30 bits per heavy atom. The van der Waals surface area contributed by atoms with E-state index in [1.807, 2.05) is 12.1 Å². The SMILES string of the molecule is CCOC(=O)C(Br)c1nc2cccc3cnn(c1=O)c32. The topological polar surface area (TPSA) is 73.6 Å². The highest BCUT2D eigenvalue weighted by Crippen LogP contribution is 2.23. The van der Waals surface area contributed by atoms with Crippen molar-refractivity contribution in [3.63, 3.8) is 0 Å². The number of alkyl halides is 1. The van der Waals surface area contributed by atoms with Gasteiger partial charge in [0, 0.05) is 5.39 Å². The highest BCUT2D eigenvalue weighted by atomic mass is 79.9. The number of aromatic nitrogens is 3. The molecule has 0 saturated heterocycles. The maximum absolute atomic E-state index is 12.3. The summed E-state index contributed by atoms with van der Waals surface area (Å²) in [4.78, 5) is 27.5. The fourth-order valence-corrected chi connectivity index (χ4v) is 2.51.